The molecular weight excluding hydrogens is 461 g/mol. The molecule has 0 radical (unpaired) electrons. The van der Waals surface area contributed by atoms with Crippen molar-refractivity contribution in [2.75, 3.05) is 33.9 Å². The molecule has 0 spiro atoms. The summed E-state index contributed by atoms with van der Waals surface area (Å²) < 4.78 is 12.3. The van der Waals surface area contributed by atoms with E-state index in [2.05, 4.69) is 64.7 Å². The second-order valence-corrected chi connectivity index (χ2v) is 7.98. The molecule has 0 aromatic heterocycles. The van der Waals surface area contributed by atoms with Gasteiger partial charge in [0.15, 0.2) is 0 Å². The molecule has 0 atom stereocenters. The molecule has 2 aromatic rings. The minimum atomic E-state index is 0.863. The van der Waals surface area contributed by atoms with Gasteiger partial charge in [-0.2, -0.15) is 0 Å². The van der Waals surface area contributed by atoms with Gasteiger partial charge in [0.25, 0.3) is 0 Å². The minimum Gasteiger partial charge on any atom is -0.497 e. The molecule has 1 heterocycles. The maximum Gasteiger partial charge on any atom is 0.126 e. The Bertz CT molecular complexity index is 821. The Morgan fingerprint density at radius 2 is 1.82 bits per heavy atom. The molecule has 1 aliphatic rings. The van der Waals surface area contributed by atoms with Crippen LogP contribution in [0.1, 0.15) is 42.9 Å². The highest BCUT2D eigenvalue weighted by molar-refractivity contribution is 14.1. The summed E-state index contributed by atoms with van der Waals surface area (Å²) in [5, 5.41) is 0. The lowest BCUT2D eigenvalue weighted by molar-refractivity contribution is 0.257. The normalized spacial score (nSPS) is 14.8. The number of ether oxygens (including phenoxy) is 2. The van der Waals surface area contributed by atoms with Gasteiger partial charge in [0, 0.05) is 23.1 Å². The number of hydrogen-bond acceptors (Lipinski definition) is 3. The number of alkyl halides is 1. The molecule has 1 aliphatic heterocycles. The van der Waals surface area contributed by atoms with Gasteiger partial charge in [-0.3, -0.25) is 0 Å². The van der Waals surface area contributed by atoms with Crippen molar-refractivity contribution in [2.24, 2.45) is 0 Å². The van der Waals surface area contributed by atoms with Gasteiger partial charge < -0.3 is 14.4 Å². The number of rotatable bonds is 7. The molecule has 1 saturated heterocycles. The van der Waals surface area contributed by atoms with Crippen molar-refractivity contribution < 1.29 is 9.47 Å². The highest BCUT2D eigenvalue weighted by atomic mass is 127. The van der Waals surface area contributed by atoms with E-state index in [0.29, 0.717) is 0 Å². The van der Waals surface area contributed by atoms with E-state index < -0.39 is 0 Å². The third-order valence-electron chi connectivity index (χ3n) is 5.40. The molecule has 2 aromatic carbocycles. The van der Waals surface area contributed by atoms with Crippen LogP contribution in [0.2, 0.25) is 0 Å². The SMILES string of the molecule is CCCN1CCC(=C(c2cccc(CI)c2)c2cc(OC)ccc2OC)CC1. The van der Waals surface area contributed by atoms with Crippen molar-refractivity contribution in [2.45, 2.75) is 30.6 Å². The van der Waals surface area contributed by atoms with Crippen molar-refractivity contribution in [3.8, 4) is 11.5 Å². The molecule has 1 fully saturated rings. The first-order chi connectivity index (χ1) is 13.7. The Kier molecular flexibility index (Phi) is 7.80. The van der Waals surface area contributed by atoms with Gasteiger partial charge in [-0.25, -0.2) is 0 Å². The lowest BCUT2D eigenvalue weighted by atomic mass is 9.87. The van der Waals surface area contributed by atoms with E-state index in [9.17, 15) is 0 Å². The van der Waals surface area contributed by atoms with Gasteiger partial charge in [0.1, 0.15) is 11.5 Å². The molecule has 150 valence electrons. The molecule has 0 aliphatic carbocycles. The smallest absolute Gasteiger partial charge is 0.126 e. The van der Waals surface area contributed by atoms with Gasteiger partial charge in [-0.1, -0.05) is 59.4 Å². The van der Waals surface area contributed by atoms with Crippen LogP contribution in [0.4, 0.5) is 0 Å². The third kappa shape index (κ3) is 4.90. The van der Waals surface area contributed by atoms with Gasteiger partial charge >= 0.3 is 0 Å². The monoisotopic (exact) mass is 491 g/mol. The van der Waals surface area contributed by atoms with E-state index in [1.165, 1.54) is 35.2 Å². The van der Waals surface area contributed by atoms with E-state index in [-0.39, 0.29) is 0 Å². The lowest BCUT2D eigenvalue weighted by Gasteiger charge is -2.30. The summed E-state index contributed by atoms with van der Waals surface area (Å²) in [5.74, 6) is 1.77. The second-order valence-electron chi connectivity index (χ2n) is 7.22. The van der Waals surface area contributed by atoms with Crippen LogP contribution >= 0.6 is 22.6 Å². The third-order valence-corrected chi connectivity index (χ3v) is 6.28. The zero-order valence-electron chi connectivity index (χ0n) is 17.1. The van der Waals surface area contributed by atoms with Gasteiger partial charge in [0.2, 0.25) is 0 Å². The van der Waals surface area contributed by atoms with E-state index in [4.69, 9.17) is 9.47 Å². The second kappa shape index (κ2) is 10.3. The summed E-state index contributed by atoms with van der Waals surface area (Å²) in [4.78, 5) is 2.57. The van der Waals surface area contributed by atoms with Crippen molar-refractivity contribution >= 4 is 28.2 Å². The van der Waals surface area contributed by atoms with E-state index in [1.807, 2.05) is 12.1 Å². The highest BCUT2D eigenvalue weighted by Gasteiger charge is 2.21. The summed E-state index contributed by atoms with van der Waals surface area (Å²) in [7, 11) is 3.47. The summed E-state index contributed by atoms with van der Waals surface area (Å²) >= 11 is 2.43. The molecule has 0 N–H and O–H groups in total. The number of nitrogens with zero attached hydrogens (tertiary/aromatic N) is 1. The predicted molar refractivity (Wildman–Crippen MR) is 126 cm³/mol. The van der Waals surface area contributed by atoms with Crippen molar-refractivity contribution in [1.82, 2.24) is 4.90 Å². The number of hydrogen-bond donors (Lipinski definition) is 0. The molecular formula is C24H30INO2. The first-order valence-corrected chi connectivity index (χ1v) is 11.5. The predicted octanol–water partition coefficient (Wildman–Crippen LogP) is 5.95. The van der Waals surface area contributed by atoms with Gasteiger partial charge in [-0.15, -0.1) is 0 Å². The van der Waals surface area contributed by atoms with E-state index in [1.54, 1.807) is 14.2 Å². The number of likely N-dealkylation sites (tertiary alicyclic amines) is 1. The van der Waals surface area contributed by atoms with Gasteiger partial charge in [-0.05, 0) is 60.7 Å². The maximum atomic E-state index is 5.75. The summed E-state index contributed by atoms with van der Waals surface area (Å²) in [6, 6.07) is 15.0. The summed E-state index contributed by atoms with van der Waals surface area (Å²) in [5.41, 5.74) is 6.59. The minimum absolute atomic E-state index is 0.863. The Morgan fingerprint density at radius 1 is 1.04 bits per heavy atom. The Balaban J connectivity index is 2.12. The van der Waals surface area contributed by atoms with Crippen LogP contribution in [0.5, 0.6) is 11.5 Å². The lowest BCUT2D eigenvalue weighted by Crippen LogP contribution is -2.31. The van der Waals surface area contributed by atoms with Crippen molar-refractivity contribution in [3.05, 3.63) is 64.7 Å². The Morgan fingerprint density at radius 3 is 2.46 bits per heavy atom. The molecule has 0 unspecified atom stereocenters. The van der Waals surface area contributed by atoms with Crippen LogP contribution < -0.4 is 9.47 Å². The first kappa shape index (κ1) is 21.2. The highest BCUT2D eigenvalue weighted by Crippen LogP contribution is 2.39. The molecule has 3 nitrogen and oxygen atoms in total. The van der Waals surface area contributed by atoms with E-state index in [0.717, 1.165) is 47.4 Å². The van der Waals surface area contributed by atoms with Crippen LogP contribution in [0.15, 0.2) is 48.0 Å². The van der Waals surface area contributed by atoms with Crippen LogP contribution in [0.25, 0.3) is 5.57 Å². The summed E-state index contributed by atoms with van der Waals surface area (Å²) in [6.45, 7) is 5.71. The van der Waals surface area contributed by atoms with Crippen LogP contribution in [0.3, 0.4) is 0 Å². The van der Waals surface area contributed by atoms with Crippen LogP contribution in [-0.4, -0.2) is 38.8 Å². The van der Waals surface area contributed by atoms with Crippen molar-refractivity contribution in [1.29, 1.82) is 0 Å². The zero-order chi connectivity index (χ0) is 19.9. The fourth-order valence-electron chi connectivity index (χ4n) is 3.98. The average Bonchev–Trinajstić information content (AvgIpc) is 2.75. The number of methoxy groups -OCH3 is 2. The quantitative estimate of drug-likeness (QED) is 0.353. The largest absolute Gasteiger partial charge is 0.497 e. The molecule has 3 rings (SSSR count). The Hall–Kier alpha value is -1.53. The molecule has 0 amide bonds. The topological polar surface area (TPSA) is 21.7 Å². The molecule has 4 heteroatoms. The van der Waals surface area contributed by atoms with E-state index >= 15 is 0 Å². The average molecular weight is 491 g/mol. The van der Waals surface area contributed by atoms with Crippen LogP contribution in [0, 0.1) is 0 Å². The fourth-order valence-corrected chi connectivity index (χ4v) is 4.46. The first-order valence-electron chi connectivity index (χ1n) is 10.0. The van der Waals surface area contributed by atoms with Crippen molar-refractivity contribution in [3.63, 3.8) is 0 Å². The molecule has 28 heavy (non-hydrogen) atoms. The standard InChI is InChI=1S/C24H30INO2/c1-4-12-26-13-10-19(11-14-26)24(20-7-5-6-18(15-20)17-25)22-16-21(27-2)8-9-23(22)28-3/h5-9,15-16H,4,10-14,17H2,1-3H3. The van der Waals surface area contributed by atoms with Crippen LogP contribution in [-0.2, 0) is 4.43 Å². The summed E-state index contributed by atoms with van der Waals surface area (Å²) in [6.07, 6.45) is 3.42. The number of halogens is 1. The number of benzene rings is 2. The Labute approximate surface area is 182 Å². The molecule has 0 bridgehead atoms. The molecule has 0 saturated carbocycles. The van der Waals surface area contributed by atoms with Gasteiger partial charge in [0.05, 0.1) is 14.2 Å². The zero-order valence-corrected chi connectivity index (χ0v) is 19.3. The number of piperidine rings is 1. The maximum absolute atomic E-state index is 5.75. The fraction of sp³-hybridized carbons (Fsp3) is 0.417.